The van der Waals surface area contributed by atoms with Crippen molar-refractivity contribution in [3.8, 4) is 17.0 Å². The first-order valence-electron chi connectivity index (χ1n) is 9.30. The second-order valence-corrected chi connectivity index (χ2v) is 9.17. The maximum atomic E-state index is 12.2. The Kier molecular flexibility index (Phi) is 5.21. The van der Waals surface area contributed by atoms with E-state index in [9.17, 15) is 8.42 Å². The second kappa shape index (κ2) is 7.61. The van der Waals surface area contributed by atoms with Gasteiger partial charge in [0.2, 0.25) is 10.0 Å². The molecule has 1 aliphatic heterocycles. The van der Waals surface area contributed by atoms with Crippen LogP contribution in [0.25, 0.3) is 11.3 Å². The zero-order valence-corrected chi connectivity index (χ0v) is 16.1. The van der Waals surface area contributed by atoms with Crippen molar-refractivity contribution in [2.45, 2.75) is 50.0 Å². The van der Waals surface area contributed by atoms with Crippen LogP contribution >= 0.6 is 0 Å². The molecule has 1 N–H and O–H groups in total. The minimum absolute atomic E-state index is 0.228. The zero-order valence-electron chi connectivity index (χ0n) is 15.3. The highest BCUT2D eigenvalue weighted by atomic mass is 32.2. The van der Waals surface area contributed by atoms with Crippen LogP contribution in [-0.4, -0.2) is 44.2 Å². The van der Waals surface area contributed by atoms with Gasteiger partial charge >= 0.3 is 0 Å². The molecule has 0 bridgehead atoms. The molecule has 2 atom stereocenters. The summed E-state index contributed by atoms with van der Waals surface area (Å²) in [7, 11) is -3.24. The van der Waals surface area contributed by atoms with Crippen molar-refractivity contribution >= 4 is 10.0 Å². The first-order valence-corrected chi connectivity index (χ1v) is 10.9. The second-order valence-electron chi connectivity index (χ2n) is 7.18. The van der Waals surface area contributed by atoms with Gasteiger partial charge in [0.05, 0.1) is 11.3 Å². The van der Waals surface area contributed by atoms with Crippen LogP contribution in [0.5, 0.6) is 5.75 Å². The Morgan fingerprint density at radius 1 is 1.22 bits per heavy atom. The molecule has 2 unspecified atom stereocenters. The van der Waals surface area contributed by atoms with E-state index >= 15 is 0 Å². The summed E-state index contributed by atoms with van der Waals surface area (Å²) < 4.78 is 44.0. The number of nitrogens with one attached hydrogen (secondary N) is 1. The van der Waals surface area contributed by atoms with Crippen molar-refractivity contribution in [1.29, 1.82) is 0 Å². The van der Waals surface area contributed by atoms with E-state index in [1.807, 2.05) is 37.3 Å². The number of aromatic nitrogens is 1. The normalized spacial score (nSPS) is 23.3. The summed E-state index contributed by atoms with van der Waals surface area (Å²) in [6, 6.07) is 9.21. The highest BCUT2D eigenvalue weighted by molar-refractivity contribution is 7.90. The molecule has 1 aromatic carbocycles. The van der Waals surface area contributed by atoms with Crippen molar-refractivity contribution in [3.05, 3.63) is 36.1 Å². The van der Waals surface area contributed by atoms with Crippen molar-refractivity contribution < 1.29 is 22.4 Å². The number of aryl methyl sites for hydroxylation is 1. The number of nitrogens with zero attached hydrogens (tertiary/aromatic N) is 1. The lowest BCUT2D eigenvalue weighted by molar-refractivity contribution is -0.0279. The Balaban J connectivity index is 1.36. The zero-order chi connectivity index (χ0) is 18.9. The summed E-state index contributed by atoms with van der Waals surface area (Å²) in [4.78, 5) is 0. The number of benzene rings is 1. The number of ether oxygens (including phenoxy) is 2. The smallest absolute Gasteiger partial charge is 0.214 e. The molecule has 27 heavy (non-hydrogen) atoms. The van der Waals surface area contributed by atoms with E-state index in [4.69, 9.17) is 14.0 Å². The van der Waals surface area contributed by atoms with E-state index in [1.54, 1.807) is 0 Å². The number of sulfonamides is 1. The topological polar surface area (TPSA) is 90.7 Å². The van der Waals surface area contributed by atoms with Gasteiger partial charge in [0.1, 0.15) is 29.9 Å². The molecular formula is C19H24N2O5S. The average Bonchev–Trinajstić information content (AvgIpc) is 3.44. The summed E-state index contributed by atoms with van der Waals surface area (Å²) in [5, 5.41) is 3.77. The minimum Gasteiger partial charge on any atom is -0.491 e. The first kappa shape index (κ1) is 18.5. The monoisotopic (exact) mass is 392 g/mol. The van der Waals surface area contributed by atoms with Crippen LogP contribution in [-0.2, 0) is 14.8 Å². The number of hydrogen-bond donors (Lipinski definition) is 1. The molecule has 7 nitrogen and oxygen atoms in total. The van der Waals surface area contributed by atoms with E-state index in [-0.39, 0.29) is 17.4 Å². The minimum atomic E-state index is -3.24. The van der Waals surface area contributed by atoms with E-state index < -0.39 is 10.0 Å². The molecule has 2 aliphatic rings. The molecule has 4 rings (SSSR count). The van der Waals surface area contributed by atoms with Gasteiger partial charge in [0.25, 0.3) is 0 Å². The molecule has 8 heteroatoms. The fourth-order valence-corrected chi connectivity index (χ4v) is 4.87. The van der Waals surface area contributed by atoms with E-state index in [1.165, 1.54) is 0 Å². The van der Waals surface area contributed by atoms with Crippen LogP contribution in [0.2, 0.25) is 0 Å². The van der Waals surface area contributed by atoms with Gasteiger partial charge < -0.3 is 14.0 Å². The van der Waals surface area contributed by atoms with Gasteiger partial charge in [-0.05, 0) is 56.9 Å². The Bertz CT molecular complexity index is 874. The SMILES string of the molecule is Cc1cc(-c2ccc(OCC3OCCCC3NS(=O)(=O)C3CC3)cc2)no1. The lowest BCUT2D eigenvalue weighted by atomic mass is 10.0. The lowest BCUT2D eigenvalue weighted by Gasteiger charge is -2.32. The summed E-state index contributed by atoms with van der Waals surface area (Å²) in [6.07, 6.45) is 2.83. The Morgan fingerprint density at radius 2 is 2.00 bits per heavy atom. The standard InChI is InChI=1S/C19H24N2O5S/c1-13-11-18(20-26-13)14-4-6-15(7-5-14)25-12-19-17(3-2-10-24-19)21-27(22,23)16-8-9-16/h4-7,11,16-17,19,21H,2-3,8-10,12H2,1H3. The summed E-state index contributed by atoms with van der Waals surface area (Å²) in [6.45, 7) is 2.78. The summed E-state index contributed by atoms with van der Waals surface area (Å²) in [5.74, 6) is 1.47. The Hall–Kier alpha value is -1.90. The first-order chi connectivity index (χ1) is 13.0. The lowest BCUT2D eigenvalue weighted by Crippen LogP contribution is -2.50. The van der Waals surface area contributed by atoms with Gasteiger partial charge in [0, 0.05) is 18.2 Å². The van der Waals surface area contributed by atoms with Gasteiger partial charge in [-0.15, -0.1) is 0 Å². The van der Waals surface area contributed by atoms with Crippen molar-refractivity contribution in [2.75, 3.05) is 13.2 Å². The van der Waals surface area contributed by atoms with Crippen LogP contribution < -0.4 is 9.46 Å². The number of rotatable bonds is 7. The third-order valence-electron chi connectivity index (χ3n) is 4.91. The van der Waals surface area contributed by atoms with Gasteiger partial charge in [-0.25, -0.2) is 13.1 Å². The predicted octanol–water partition coefficient (Wildman–Crippen LogP) is 2.66. The van der Waals surface area contributed by atoms with E-state index in [2.05, 4.69) is 9.88 Å². The highest BCUT2D eigenvalue weighted by Crippen LogP contribution is 2.29. The Morgan fingerprint density at radius 3 is 2.67 bits per heavy atom. The van der Waals surface area contributed by atoms with Crippen LogP contribution in [0.1, 0.15) is 31.4 Å². The summed E-state index contributed by atoms with van der Waals surface area (Å²) in [5.41, 5.74) is 1.73. The predicted molar refractivity (Wildman–Crippen MR) is 100 cm³/mol. The maximum Gasteiger partial charge on any atom is 0.214 e. The molecule has 1 saturated heterocycles. The van der Waals surface area contributed by atoms with Crippen molar-refractivity contribution in [2.24, 2.45) is 0 Å². The largest absolute Gasteiger partial charge is 0.491 e. The van der Waals surface area contributed by atoms with E-state index in [0.717, 1.165) is 42.7 Å². The van der Waals surface area contributed by atoms with Crippen LogP contribution in [0.15, 0.2) is 34.9 Å². The average molecular weight is 392 g/mol. The van der Waals surface area contributed by atoms with Gasteiger partial charge in [-0.2, -0.15) is 0 Å². The van der Waals surface area contributed by atoms with Crippen molar-refractivity contribution in [3.63, 3.8) is 0 Å². The fraction of sp³-hybridized carbons (Fsp3) is 0.526. The van der Waals surface area contributed by atoms with Crippen molar-refractivity contribution in [1.82, 2.24) is 9.88 Å². The molecule has 2 fully saturated rings. The molecule has 1 aromatic heterocycles. The van der Waals surface area contributed by atoms with Crippen LogP contribution in [0, 0.1) is 6.92 Å². The van der Waals surface area contributed by atoms with Crippen LogP contribution in [0.4, 0.5) is 0 Å². The van der Waals surface area contributed by atoms with Crippen LogP contribution in [0.3, 0.4) is 0 Å². The molecular weight excluding hydrogens is 368 g/mol. The number of hydrogen-bond acceptors (Lipinski definition) is 6. The third kappa shape index (κ3) is 4.51. The molecule has 0 amide bonds. The van der Waals surface area contributed by atoms with Gasteiger partial charge in [-0.3, -0.25) is 0 Å². The quantitative estimate of drug-likeness (QED) is 0.779. The molecule has 1 aliphatic carbocycles. The van der Waals surface area contributed by atoms with Gasteiger partial charge in [-0.1, -0.05) is 5.16 Å². The Labute approximate surface area is 159 Å². The molecule has 0 spiro atoms. The molecule has 0 radical (unpaired) electrons. The van der Waals surface area contributed by atoms with E-state index in [0.29, 0.717) is 19.0 Å². The van der Waals surface area contributed by atoms with Gasteiger partial charge in [0.15, 0.2) is 0 Å². The fourth-order valence-electron chi connectivity index (χ4n) is 3.23. The summed E-state index contributed by atoms with van der Waals surface area (Å²) >= 11 is 0. The molecule has 2 aromatic rings. The molecule has 1 saturated carbocycles. The highest BCUT2D eigenvalue weighted by Gasteiger charge is 2.39. The maximum absolute atomic E-state index is 12.2. The third-order valence-corrected chi connectivity index (χ3v) is 6.89. The molecule has 146 valence electrons. The molecule has 2 heterocycles.